The number of aromatic hydroxyl groups is 1. The molecular weight excluding hydrogens is 314 g/mol. The van der Waals surface area contributed by atoms with Gasteiger partial charge in [-0.3, -0.25) is 0 Å². The molecular formula is C13H18BrNO2S. The standard InChI is InChI=1S/C13H18BrNO2S/c1-17-12-6-9(5-11(14)13(12)16)7-15-10-3-2-4-18-8-10/h5-6,10,15-16H,2-4,7-8H2,1H3. The molecule has 1 fully saturated rings. The third kappa shape index (κ3) is 3.56. The Bertz CT molecular complexity index is 408. The number of halogens is 1. The molecule has 0 radical (unpaired) electrons. The van der Waals surface area contributed by atoms with E-state index in [0.717, 1.165) is 12.1 Å². The molecule has 0 bridgehead atoms. The number of rotatable bonds is 4. The summed E-state index contributed by atoms with van der Waals surface area (Å²) in [4.78, 5) is 0. The molecule has 1 saturated heterocycles. The van der Waals surface area contributed by atoms with Gasteiger partial charge in [-0.05, 0) is 52.2 Å². The van der Waals surface area contributed by atoms with Crippen LogP contribution in [0.5, 0.6) is 11.5 Å². The number of thioether (sulfide) groups is 1. The van der Waals surface area contributed by atoms with Gasteiger partial charge in [0.05, 0.1) is 11.6 Å². The largest absolute Gasteiger partial charge is 0.503 e. The third-order valence-corrected chi connectivity index (χ3v) is 4.88. The maximum atomic E-state index is 9.74. The monoisotopic (exact) mass is 331 g/mol. The molecule has 5 heteroatoms. The van der Waals surface area contributed by atoms with E-state index in [1.54, 1.807) is 7.11 Å². The lowest BCUT2D eigenvalue weighted by molar-refractivity contribution is 0.371. The van der Waals surface area contributed by atoms with E-state index >= 15 is 0 Å². The lowest BCUT2D eigenvalue weighted by Gasteiger charge is -2.22. The molecule has 100 valence electrons. The third-order valence-electron chi connectivity index (χ3n) is 3.06. The van der Waals surface area contributed by atoms with E-state index in [2.05, 4.69) is 21.2 Å². The van der Waals surface area contributed by atoms with Crippen LogP contribution in [0.15, 0.2) is 16.6 Å². The molecule has 1 heterocycles. The fourth-order valence-electron chi connectivity index (χ4n) is 2.05. The number of ether oxygens (including phenoxy) is 1. The Labute approximate surface area is 120 Å². The van der Waals surface area contributed by atoms with Crippen molar-refractivity contribution in [2.45, 2.75) is 25.4 Å². The topological polar surface area (TPSA) is 41.5 Å². The second-order valence-electron chi connectivity index (χ2n) is 4.42. The highest BCUT2D eigenvalue weighted by Crippen LogP contribution is 2.35. The minimum absolute atomic E-state index is 0.162. The predicted molar refractivity (Wildman–Crippen MR) is 79.5 cm³/mol. The van der Waals surface area contributed by atoms with E-state index in [1.165, 1.54) is 24.3 Å². The summed E-state index contributed by atoms with van der Waals surface area (Å²) in [5.74, 6) is 3.15. The molecule has 0 aromatic heterocycles. The van der Waals surface area contributed by atoms with Gasteiger partial charge in [-0.2, -0.15) is 11.8 Å². The van der Waals surface area contributed by atoms with Crippen LogP contribution >= 0.6 is 27.7 Å². The predicted octanol–water partition coefficient (Wildman–Crippen LogP) is 3.15. The van der Waals surface area contributed by atoms with Crippen LogP contribution in [0.4, 0.5) is 0 Å². The number of nitrogens with one attached hydrogen (secondary N) is 1. The van der Waals surface area contributed by atoms with Crippen LogP contribution in [0.3, 0.4) is 0 Å². The molecule has 0 saturated carbocycles. The minimum atomic E-state index is 0.162. The van der Waals surface area contributed by atoms with Gasteiger partial charge in [-0.1, -0.05) is 0 Å². The molecule has 0 spiro atoms. The van der Waals surface area contributed by atoms with Gasteiger partial charge in [-0.15, -0.1) is 0 Å². The molecule has 2 rings (SSSR count). The number of hydrogen-bond donors (Lipinski definition) is 2. The van der Waals surface area contributed by atoms with Gasteiger partial charge >= 0.3 is 0 Å². The zero-order valence-corrected chi connectivity index (χ0v) is 12.8. The Morgan fingerprint density at radius 2 is 2.39 bits per heavy atom. The smallest absolute Gasteiger partial charge is 0.172 e. The molecule has 1 aliphatic heterocycles. The van der Waals surface area contributed by atoms with Crippen LogP contribution in [-0.4, -0.2) is 29.8 Å². The molecule has 1 unspecified atom stereocenters. The van der Waals surface area contributed by atoms with Gasteiger partial charge in [0, 0.05) is 18.3 Å². The molecule has 18 heavy (non-hydrogen) atoms. The van der Waals surface area contributed by atoms with E-state index < -0.39 is 0 Å². The minimum Gasteiger partial charge on any atom is -0.503 e. The maximum absolute atomic E-state index is 9.74. The van der Waals surface area contributed by atoms with Crippen molar-refractivity contribution in [1.82, 2.24) is 5.32 Å². The zero-order valence-electron chi connectivity index (χ0n) is 10.4. The lowest BCUT2D eigenvalue weighted by Crippen LogP contribution is -2.33. The molecule has 1 aliphatic rings. The van der Waals surface area contributed by atoms with Crippen molar-refractivity contribution in [1.29, 1.82) is 0 Å². The fourth-order valence-corrected chi connectivity index (χ4v) is 3.64. The Hall–Kier alpha value is -0.390. The molecule has 1 aromatic rings. The number of phenols is 1. The van der Waals surface area contributed by atoms with Crippen LogP contribution in [0.2, 0.25) is 0 Å². The highest BCUT2D eigenvalue weighted by atomic mass is 79.9. The first-order chi connectivity index (χ1) is 8.70. The second-order valence-corrected chi connectivity index (χ2v) is 6.43. The van der Waals surface area contributed by atoms with E-state index in [4.69, 9.17) is 4.74 Å². The van der Waals surface area contributed by atoms with Crippen LogP contribution in [0.1, 0.15) is 18.4 Å². The van der Waals surface area contributed by atoms with Crippen molar-refractivity contribution >= 4 is 27.7 Å². The highest BCUT2D eigenvalue weighted by molar-refractivity contribution is 9.10. The summed E-state index contributed by atoms with van der Waals surface area (Å²) in [6.45, 7) is 0.806. The van der Waals surface area contributed by atoms with Gasteiger partial charge in [-0.25, -0.2) is 0 Å². The first-order valence-corrected chi connectivity index (χ1v) is 8.02. The average Bonchev–Trinajstić information content (AvgIpc) is 2.41. The van der Waals surface area contributed by atoms with Crippen LogP contribution in [-0.2, 0) is 6.54 Å². The summed E-state index contributed by atoms with van der Waals surface area (Å²) in [6.07, 6.45) is 2.55. The van der Waals surface area contributed by atoms with Gasteiger partial charge in [0.2, 0.25) is 0 Å². The summed E-state index contributed by atoms with van der Waals surface area (Å²) in [6, 6.07) is 4.41. The van der Waals surface area contributed by atoms with Crippen molar-refractivity contribution in [2.24, 2.45) is 0 Å². The SMILES string of the molecule is COc1cc(CNC2CCCSC2)cc(Br)c1O. The fraction of sp³-hybridized carbons (Fsp3) is 0.538. The van der Waals surface area contributed by atoms with E-state index in [9.17, 15) is 5.11 Å². The first kappa shape index (κ1) is 14.0. The zero-order chi connectivity index (χ0) is 13.0. The number of methoxy groups -OCH3 is 1. The summed E-state index contributed by atoms with van der Waals surface area (Å²) in [5.41, 5.74) is 1.12. The van der Waals surface area contributed by atoms with Gasteiger partial charge in [0.15, 0.2) is 11.5 Å². The van der Waals surface area contributed by atoms with Crippen molar-refractivity contribution in [3.63, 3.8) is 0 Å². The first-order valence-electron chi connectivity index (χ1n) is 6.07. The van der Waals surface area contributed by atoms with Crippen molar-refractivity contribution in [2.75, 3.05) is 18.6 Å². The van der Waals surface area contributed by atoms with Crippen molar-refractivity contribution < 1.29 is 9.84 Å². The number of phenolic OH excluding ortho intramolecular Hbond substituents is 1. The quantitative estimate of drug-likeness (QED) is 0.889. The summed E-state index contributed by atoms with van der Waals surface area (Å²) >= 11 is 5.36. The van der Waals surface area contributed by atoms with Crippen molar-refractivity contribution in [3.8, 4) is 11.5 Å². The van der Waals surface area contributed by atoms with Crippen LogP contribution in [0, 0.1) is 0 Å². The number of benzene rings is 1. The maximum Gasteiger partial charge on any atom is 0.172 e. The number of hydrogen-bond acceptors (Lipinski definition) is 4. The molecule has 0 amide bonds. The Kier molecular flexibility index (Phi) is 5.21. The Morgan fingerprint density at radius 1 is 1.56 bits per heavy atom. The summed E-state index contributed by atoms with van der Waals surface area (Å²) in [7, 11) is 1.57. The molecule has 2 N–H and O–H groups in total. The van der Waals surface area contributed by atoms with Crippen LogP contribution < -0.4 is 10.1 Å². The Balaban J connectivity index is 1.98. The van der Waals surface area contributed by atoms with E-state index in [0.29, 0.717) is 16.3 Å². The summed E-state index contributed by atoms with van der Waals surface area (Å²) in [5, 5.41) is 13.3. The van der Waals surface area contributed by atoms with E-state index in [1.807, 2.05) is 23.9 Å². The van der Waals surface area contributed by atoms with E-state index in [-0.39, 0.29) is 5.75 Å². The average molecular weight is 332 g/mol. The van der Waals surface area contributed by atoms with Gasteiger partial charge in [0.1, 0.15) is 0 Å². The molecule has 1 aromatic carbocycles. The Morgan fingerprint density at radius 3 is 3.06 bits per heavy atom. The highest BCUT2D eigenvalue weighted by Gasteiger charge is 2.14. The van der Waals surface area contributed by atoms with Crippen molar-refractivity contribution in [3.05, 3.63) is 22.2 Å². The summed E-state index contributed by atoms with van der Waals surface area (Å²) < 4.78 is 5.82. The molecule has 3 nitrogen and oxygen atoms in total. The normalized spacial score (nSPS) is 19.8. The van der Waals surface area contributed by atoms with Gasteiger partial charge < -0.3 is 15.2 Å². The van der Waals surface area contributed by atoms with Crippen LogP contribution in [0.25, 0.3) is 0 Å². The lowest BCUT2D eigenvalue weighted by atomic mass is 10.1. The molecule has 0 aliphatic carbocycles. The second kappa shape index (κ2) is 6.68. The molecule has 1 atom stereocenters. The van der Waals surface area contributed by atoms with Gasteiger partial charge in [0.25, 0.3) is 0 Å².